The zero-order valence-corrected chi connectivity index (χ0v) is 25.2. The first-order valence-corrected chi connectivity index (χ1v) is 13.7. The van der Waals surface area contributed by atoms with E-state index in [2.05, 4.69) is 4.98 Å². The minimum atomic E-state index is -0.599. The molecule has 1 aromatic heterocycles. The summed E-state index contributed by atoms with van der Waals surface area (Å²) in [7, 11) is 4.62. The monoisotopic (exact) mass is 584 g/mol. The first-order valence-electron chi connectivity index (χ1n) is 13.7. The fraction of sp³-hybridized carbons (Fsp3) is 0.273. The van der Waals surface area contributed by atoms with Crippen molar-refractivity contribution in [3.63, 3.8) is 0 Å². The smallest absolute Gasteiger partial charge is 0.410 e. The maximum absolute atomic E-state index is 13.1. The van der Waals surface area contributed by atoms with Crippen molar-refractivity contribution in [2.24, 2.45) is 4.99 Å². The summed E-state index contributed by atoms with van der Waals surface area (Å²) in [6.07, 6.45) is -0.449. The third-order valence-corrected chi connectivity index (χ3v) is 6.66. The molecule has 2 amide bonds. The number of hydrogen-bond donors (Lipinski definition) is 2. The lowest BCUT2D eigenvalue weighted by atomic mass is 10.00. The van der Waals surface area contributed by atoms with Gasteiger partial charge in [0.25, 0.3) is 5.91 Å². The van der Waals surface area contributed by atoms with Gasteiger partial charge in [-0.2, -0.15) is 0 Å². The quantitative estimate of drug-likeness (QED) is 0.200. The number of carbonyl (C=O) groups is 3. The van der Waals surface area contributed by atoms with Crippen molar-refractivity contribution < 1.29 is 29.0 Å². The highest BCUT2D eigenvalue weighted by molar-refractivity contribution is 6.22. The highest BCUT2D eigenvalue weighted by Crippen LogP contribution is 2.32. The largest absolute Gasteiger partial charge is 0.494 e. The molecule has 0 saturated carbocycles. The normalized spacial score (nSPS) is 11.7. The molecule has 10 heteroatoms. The molecule has 43 heavy (non-hydrogen) atoms. The number of amides is 2. The zero-order valence-electron chi connectivity index (χ0n) is 25.2. The number of aliphatic imine (C=N–C) groups is 1. The molecule has 0 aliphatic rings. The number of aromatic amines is 1. The van der Waals surface area contributed by atoms with Crippen LogP contribution in [-0.2, 0) is 9.47 Å². The summed E-state index contributed by atoms with van der Waals surface area (Å²) in [6.45, 7) is 6.04. The van der Waals surface area contributed by atoms with Crippen molar-refractivity contribution in [1.82, 2.24) is 14.8 Å². The number of esters is 1. The molecule has 0 radical (unpaired) electrons. The van der Waals surface area contributed by atoms with E-state index in [9.17, 15) is 19.5 Å². The van der Waals surface area contributed by atoms with Gasteiger partial charge in [0, 0.05) is 49.2 Å². The lowest BCUT2D eigenvalue weighted by molar-refractivity contribution is 0.0283. The lowest BCUT2D eigenvalue weighted by Crippen LogP contribution is -2.39. The summed E-state index contributed by atoms with van der Waals surface area (Å²) in [6, 6.07) is 21.3. The molecule has 10 nitrogen and oxygen atoms in total. The van der Waals surface area contributed by atoms with Gasteiger partial charge in [-0.1, -0.05) is 36.4 Å². The summed E-state index contributed by atoms with van der Waals surface area (Å²) in [5.41, 5.74) is 3.10. The van der Waals surface area contributed by atoms with Crippen molar-refractivity contribution >= 4 is 40.3 Å². The van der Waals surface area contributed by atoms with Gasteiger partial charge in [0.1, 0.15) is 5.60 Å². The van der Waals surface area contributed by atoms with Gasteiger partial charge in [-0.25, -0.2) is 14.6 Å². The van der Waals surface area contributed by atoms with Gasteiger partial charge in [-0.05, 0) is 57.2 Å². The minimum Gasteiger partial charge on any atom is -0.494 e. The number of benzene rings is 3. The summed E-state index contributed by atoms with van der Waals surface area (Å²) < 4.78 is 10.2. The predicted octanol–water partition coefficient (Wildman–Crippen LogP) is 5.77. The highest BCUT2D eigenvalue weighted by atomic mass is 16.6. The first kappa shape index (κ1) is 30.8. The van der Waals surface area contributed by atoms with Crippen LogP contribution in [0.4, 0.5) is 10.5 Å². The minimum absolute atomic E-state index is 0.0932. The van der Waals surface area contributed by atoms with Crippen LogP contribution in [0.5, 0.6) is 5.88 Å². The van der Waals surface area contributed by atoms with Gasteiger partial charge in [-0.3, -0.25) is 4.79 Å². The Morgan fingerprint density at radius 2 is 1.49 bits per heavy atom. The van der Waals surface area contributed by atoms with Crippen molar-refractivity contribution in [2.45, 2.75) is 26.4 Å². The molecule has 1 heterocycles. The third kappa shape index (κ3) is 7.40. The molecule has 0 unspecified atom stereocenters. The Labute approximate surface area is 250 Å². The van der Waals surface area contributed by atoms with Crippen LogP contribution >= 0.6 is 0 Å². The number of methoxy groups -OCH3 is 1. The molecular weight excluding hydrogens is 548 g/mol. The van der Waals surface area contributed by atoms with Crippen LogP contribution in [0.2, 0.25) is 0 Å². The Bertz CT molecular complexity index is 1650. The van der Waals surface area contributed by atoms with Gasteiger partial charge in [0.05, 0.1) is 29.6 Å². The SMILES string of the molecule is COC(=O)c1ccc2c(C(=Nc3ccc(C(=O)N(C)CCN(C)C(=O)OC(C)(C)C)cc3)c3ccccc3)c(O)[nH]c2c1. The van der Waals surface area contributed by atoms with Gasteiger partial charge in [0.2, 0.25) is 0 Å². The molecule has 4 rings (SSSR count). The number of aromatic hydroxyl groups is 1. The average Bonchev–Trinajstić information content (AvgIpc) is 3.32. The van der Waals surface area contributed by atoms with Crippen LogP contribution < -0.4 is 0 Å². The van der Waals surface area contributed by atoms with Crippen LogP contribution in [-0.4, -0.2) is 83.5 Å². The molecule has 0 aliphatic heterocycles. The maximum Gasteiger partial charge on any atom is 0.410 e. The summed E-state index contributed by atoms with van der Waals surface area (Å²) in [5, 5.41) is 11.6. The van der Waals surface area contributed by atoms with Crippen LogP contribution in [0.3, 0.4) is 0 Å². The second-order valence-corrected chi connectivity index (χ2v) is 11.1. The van der Waals surface area contributed by atoms with Gasteiger partial charge in [0.15, 0.2) is 5.88 Å². The maximum atomic E-state index is 13.1. The molecule has 0 saturated heterocycles. The van der Waals surface area contributed by atoms with Gasteiger partial charge < -0.3 is 29.4 Å². The van der Waals surface area contributed by atoms with E-state index in [1.54, 1.807) is 82.2 Å². The number of nitrogens with zero attached hydrogens (tertiary/aromatic N) is 3. The number of carbonyl (C=O) groups excluding carboxylic acids is 3. The molecule has 3 aromatic carbocycles. The van der Waals surface area contributed by atoms with Crippen molar-refractivity contribution in [2.75, 3.05) is 34.3 Å². The van der Waals surface area contributed by atoms with Crippen LogP contribution in [0.1, 0.15) is 52.6 Å². The van der Waals surface area contributed by atoms with Crippen molar-refractivity contribution in [1.29, 1.82) is 0 Å². The fourth-order valence-electron chi connectivity index (χ4n) is 4.39. The summed E-state index contributed by atoms with van der Waals surface area (Å²) in [5.74, 6) is -0.777. The van der Waals surface area contributed by atoms with E-state index >= 15 is 0 Å². The first-order chi connectivity index (χ1) is 20.4. The van der Waals surface area contributed by atoms with E-state index < -0.39 is 17.7 Å². The third-order valence-electron chi connectivity index (χ3n) is 6.66. The second kappa shape index (κ2) is 12.8. The zero-order chi connectivity index (χ0) is 31.3. The van der Waals surface area contributed by atoms with E-state index in [1.807, 2.05) is 30.3 Å². The summed E-state index contributed by atoms with van der Waals surface area (Å²) >= 11 is 0. The molecule has 0 spiro atoms. The number of hydrogen-bond acceptors (Lipinski definition) is 7. The number of aromatic nitrogens is 1. The van der Waals surface area contributed by atoms with E-state index in [-0.39, 0.29) is 11.8 Å². The number of ether oxygens (including phenoxy) is 2. The van der Waals surface area contributed by atoms with E-state index in [0.29, 0.717) is 52.1 Å². The van der Waals surface area contributed by atoms with E-state index in [0.717, 1.165) is 5.56 Å². The molecule has 0 aliphatic carbocycles. The van der Waals surface area contributed by atoms with Gasteiger partial charge in [-0.15, -0.1) is 0 Å². The molecule has 0 fully saturated rings. The molecule has 0 bridgehead atoms. The van der Waals surface area contributed by atoms with E-state index in [4.69, 9.17) is 14.5 Å². The van der Waals surface area contributed by atoms with E-state index in [1.165, 1.54) is 12.0 Å². The number of rotatable bonds is 8. The standard InChI is InChI=1S/C33H36N4O6/c1-33(2,3)43-32(41)37(5)19-18-36(4)30(39)22-12-15-24(16-13-22)34-28(21-10-8-7-9-11-21)27-25-17-14-23(31(40)42-6)20-26(25)35-29(27)38/h7-17,20,35,38H,18-19H2,1-6H3. The number of likely N-dealkylation sites (N-methyl/N-ethyl adjacent to an activating group) is 2. The molecule has 224 valence electrons. The van der Waals surface area contributed by atoms with Crippen LogP contribution in [0, 0.1) is 0 Å². The highest BCUT2D eigenvalue weighted by Gasteiger charge is 2.22. The predicted molar refractivity (Wildman–Crippen MR) is 165 cm³/mol. The van der Waals surface area contributed by atoms with Crippen LogP contribution in [0.15, 0.2) is 77.8 Å². The molecule has 0 atom stereocenters. The Kier molecular flexibility index (Phi) is 9.18. The summed E-state index contributed by atoms with van der Waals surface area (Å²) in [4.78, 5) is 48.1. The second-order valence-electron chi connectivity index (χ2n) is 11.1. The molecular formula is C33H36N4O6. The van der Waals surface area contributed by atoms with Crippen LogP contribution in [0.25, 0.3) is 10.9 Å². The number of fused-ring (bicyclic) bond motifs is 1. The topological polar surface area (TPSA) is 125 Å². The number of H-pyrrole nitrogens is 1. The molecule has 2 N–H and O–H groups in total. The Balaban J connectivity index is 1.58. The van der Waals surface area contributed by atoms with Gasteiger partial charge >= 0.3 is 12.1 Å². The lowest BCUT2D eigenvalue weighted by Gasteiger charge is -2.26. The molecule has 4 aromatic rings. The number of nitrogens with one attached hydrogen (secondary N) is 1. The fourth-order valence-corrected chi connectivity index (χ4v) is 4.39. The average molecular weight is 585 g/mol. The Morgan fingerprint density at radius 1 is 0.860 bits per heavy atom. The Morgan fingerprint density at radius 3 is 2.12 bits per heavy atom. The Hall–Kier alpha value is -5.12. The van der Waals surface area contributed by atoms with Crippen molar-refractivity contribution in [3.05, 3.63) is 95.1 Å². The van der Waals surface area contributed by atoms with Crippen molar-refractivity contribution in [3.8, 4) is 5.88 Å².